The fraction of sp³-hybridized carbons (Fsp3) is 0.500. The van der Waals surface area contributed by atoms with Crippen molar-refractivity contribution in [3.05, 3.63) is 30.3 Å². The molecule has 0 radical (unpaired) electrons. The minimum absolute atomic E-state index is 0.0615. The molecule has 0 aromatic heterocycles. The standard InChI is InChI=1S/C14H20F2N2O3/c15-12(16)14(18,7-4-8-17)13(19)21-10-9-20-11-5-2-1-3-6-11/h1-3,5-6,12H,4,7-10,17-18H2. The summed E-state index contributed by atoms with van der Waals surface area (Å²) in [6.07, 6.45) is -3.01. The van der Waals surface area contributed by atoms with E-state index in [1.165, 1.54) is 0 Å². The predicted octanol–water partition coefficient (Wildman–Crippen LogP) is 1.31. The number of halogens is 2. The fourth-order valence-electron chi connectivity index (χ4n) is 1.64. The maximum Gasteiger partial charge on any atom is 0.332 e. The Morgan fingerprint density at radius 3 is 2.48 bits per heavy atom. The highest BCUT2D eigenvalue weighted by molar-refractivity contribution is 5.81. The molecule has 7 heteroatoms. The van der Waals surface area contributed by atoms with Gasteiger partial charge in [0.15, 0.2) is 5.54 Å². The molecule has 1 atom stereocenters. The summed E-state index contributed by atoms with van der Waals surface area (Å²) in [7, 11) is 0. The monoisotopic (exact) mass is 302 g/mol. The van der Waals surface area contributed by atoms with Crippen LogP contribution in [-0.2, 0) is 9.53 Å². The Bertz CT molecular complexity index is 431. The summed E-state index contributed by atoms with van der Waals surface area (Å²) in [4.78, 5) is 11.7. The first-order valence-electron chi connectivity index (χ1n) is 6.63. The van der Waals surface area contributed by atoms with E-state index in [0.717, 1.165) is 0 Å². The van der Waals surface area contributed by atoms with Crippen LogP contribution in [0.15, 0.2) is 30.3 Å². The third-order valence-corrected chi connectivity index (χ3v) is 2.89. The summed E-state index contributed by atoms with van der Waals surface area (Å²) in [5.74, 6) is -0.535. The molecular weight excluding hydrogens is 282 g/mol. The van der Waals surface area contributed by atoms with Gasteiger partial charge in [-0.05, 0) is 31.5 Å². The second-order valence-electron chi connectivity index (χ2n) is 4.53. The maximum atomic E-state index is 12.9. The summed E-state index contributed by atoms with van der Waals surface area (Å²) in [6.45, 7) is 0.0874. The summed E-state index contributed by atoms with van der Waals surface area (Å²) in [6, 6.07) is 8.87. The lowest BCUT2D eigenvalue weighted by Crippen LogP contribution is -2.55. The van der Waals surface area contributed by atoms with Crippen molar-refractivity contribution in [3.8, 4) is 5.75 Å². The van der Waals surface area contributed by atoms with E-state index in [2.05, 4.69) is 0 Å². The van der Waals surface area contributed by atoms with Crippen LogP contribution in [0.4, 0.5) is 8.78 Å². The first-order chi connectivity index (χ1) is 10.0. The van der Waals surface area contributed by atoms with Gasteiger partial charge in [-0.2, -0.15) is 0 Å². The van der Waals surface area contributed by atoms with Gasteiger partial charge in [-0.3, -0.25) is 0 Å². The zero-order valence-corrected chi connectivity index (χ0v) is 11.6. The molecule has 0 aliphatic rings. The van der Waals surface area contributed by atoms with Crippen LogP contribution in [0, 0.1) is 0 Å². The van der Waals surface area contributed by atoms with Gasteiger partial charge in [0.1, 0.15) is 19.0 Å². The number of rotatable bonds is 9. The molecule has 0 fully saturated rings. The third-order valence-electron chi connectivity index (χ3n) is 2.89. The number of benzene rings is 1. The molecule has 0 heterocycles. The van der Waals surface area contributed by atoms with Crippen LogP contribution in [-0.4, -0.2) is 37.7 Å². The highest BCUT2D eigenvalue weighted by Gasteiger charge is 2.44. The van der Waals surface area contributed by atoms with Crippen LogP contribution < -0.4 is 16.2 Å². The molecule has 0 amide bonds. The molecule has 0 bridgehead atoms. The Hall–Kier alpha value is -1.73. The molecule has 0 saturated carbocycles. The van der Waals surface area contributed by atoms with Crippen molar-refractivity contribution in [1.82, 2.24) is 0 Å². The lowest BCUT2D eigenvalue weighted by Gasteiger charge is -2.26. The highest BCUT2D eigenvalue weighted by Crippen LogP contribution is 2.20. The first-order valence-corrected chi connectivity index (χ1v) is 6.63. The van der Waals surface area contributed by atoms with Crippen LogP contribution in [0.2, 0.25) is 0 Å². The molecule has 1 rings (SSSR count). The van der Waals surface area contributed by atoms with E-state index >= 15 is 0 Å². The SMILES string of the molecule is NCCCC(N)(C(=O)OCCOc1ccccc1)C(F)F. The first kappa shape index (κ1) is 17.3. The lowest BCUT2D eigenvalue weighted by atomic mass is 9.95. The average Bonchev–Trinajstić information content (AvgIpc) is 2.49. The molecule has 1 unspecified atom stereocenters. The molecular formula is C14H20F2N2O3. The van der Waals surface area contributed by atoms with E-state index in [4.69, 9.17) is 20.9 Å². The van der Waals surface area contributed by atoms with Crippen molar-refractivity contribution in [3.63, 3.8) is 0 Å². The van der Waals surface area contributed by atoms with Gasteiger partial charge in [0.25, 0.3) is 6.43 Å². The summed E-state index contributed by atoms with van der Waals surface area (Å²) in [5.41, 5.74) is 8.38. The number of carbonyl (C=O) groups excluding carboxylic acids is 1. The van der Waals surface area contributed by atoms with Gasteiger partial charge in [-0.15, -0.1) is 0 Å². The quantitative estimate of drug-likeness (QED) is 0.530. The number of hydrogen-bond donors (Lipinski definition) is 2. The van der Waals surface area contributed by atoms with E-state index in [9.17, 15) is 13.6 Å². The molecule has 4 N–H and O–H groups in total. The van der Waals surface area contributed by atoms with Crippen LogP contribution in [0.3, 0.4) is 0 Å². The molecule has 5 nitrogen and oxygen atoms in total. The minimum atomic E-state index is -3.01. The van der Waals surface area contributed by atoms with Crippen LogP contribution in [0.25, 0.3) is 0 Å². The van der Waals surface area contributed by atoms with Gasteiger partial charge >= 0.3 is 5.97 Å². The van der Waals surface area contributed by atoms with Crippen molar-refractivity contribution in [1.29, 1.82) is 0 Å². The van der Waals surface area contributed by atoms with Crippen molar-refractivity contribution in [2.24, 2.45) is 11.5 Å². The Labute approximate surface area is 122 Å². The number of hydrogen-bond acceptors (Lipinski definition) is 5. The molecule has 0 spiro atoms. The maximum absolute atomic E-state index is 12.9. The Morgan fingerprint density at radius 1 is 1.24 bits per heavy atom. The molecule has 0 saturated heterocycles. The van der Waals surface area contributed by atoms with Crippen molar-refractivity contribution < 1.29 is 23.0 Å². The normalized spacial score (nSPS) is 13.8. The minimum Gasteiger partial charge on any atom is -0.490 e. The van der Waals surface area contributed by atoms with Gasteiger partial charge in [-0.1, -0.05) is 18.2 Å². The summed E-state index contributed by atoms with van der Waals surface area (Å²) < 4.78 is 35.9. The molecule has 0 aliphatic carbocycles. The van der Waals surface area contributed by atoms with E-state index in [0.29, 0.717) is 5.75 Å². The molecule has 1 aromatic rings. The lowest BCUT2D eigenvalue weighted by molar-refractivity contribution is -0.157. The Morgan fingerprint density at radius 2 is 1.90 bits per heavy atom. The van der Waals surface area contributed by atoms with Gasteiger partial charge in [0, 0.05) is 0 Å². The second kappa shape index (κ2) is 8.53. The number of ether oxygens (including phenoxy) is 2. The predicted molar refractivity (Wildman–Crippen MR) is 74.1 cm³/mol. The number of carbonyl (C=O) groups is 1. The Balaban J connectivity index is 2.40. The highest BCUT2D eigenvalue weighted by atomic mass is 19.3. The molecule has 118 valence electrons. The average molecular weight is 302 g/mol. The van der Waals surface area contributed by atoms with E-state index in [-0.39, 0.29) is 32.6 Å². The van der Waals surface area contributed by atoms with Crippen molar-refractivity contribution in [2.75, 3.05) is 19.8 Å². The fourth-order valence-corrected chi connectivity index (χ4v) is 1.64. The Kier molecular flexibility index (Phi) is 7.04. The number of nitrogens with two attached hydrogens (primary N) is 2. The summed E-state index contributed by atoms with van der Waals surface area (Å²) in [5, 5.41) is 0. The zero-order valence-electron chi connectivity index (χ0n) is 11.6. The van der Waals surface area contributed by atoms with Gasteiger partial charge in [-0.25, -0.2) is 13.6 Å². The number of esters is 1. The third kappa shape index (κ3) is 5.28. The largest absolute Gasteiger partial charge is 0.490 e. The second-order valence-corrected chi connectivity index (χ2v) is 4.53. The van der Waals surface area contributed by atoms with E-state index < -0.39 is 17.9 Å². The number of para-hydroxylation sites is 1. The number of alkyl halides is 2. The van der Waals surface area contributed by atoms with Crippen LogP contribution in [0.1, 0.15) is 12.8 Å². The van der Waals surface area contributed by atoms with E-state index in [1.807, 2.05) is 6.07 Å². The van der Waals surface area contributed by atoms with E-state index in [1.54, 1.807) is 24.3 Å². The smallest absolute Gasteiger partial charge is 0.332 e. The molecule has 0 aliphatic heterocycles. The van der Waals surface area contributed by atoms with Gasteiger partial charge < -0.3 is 20.9 Å². The summed E-state index contributed by atoms with van der Waals surface area (Å²) >= 11 is 0. The molecule has 21 heavy (non-hydrogen) atoms. The van der Waals surface area contributed by atoms with Gasteiger partial charge in [0.2, 0.25) is 0 Å². The topological polar surface area (TPSA) is 87.6 Å². The zero-order chi connectivity index (χ0) is 15.7. The van der Waals surface area contributed by atoms with Crippen LogP contribution >= 0.6 is 0 Å². The van der Waals surface area contributed by atoms with Gasteiger partial charge in [0.05, 0.1) is 0 Å². The molecule has 1 aromatic carbocycles. The van der Waals surface area contributed by atoms with Crippen LogP contribution in [0.5, 0.6) is 5.75 Å². The van der Waals surface area contributed by atoms with Crippen molar-refractivity contribution in [2.45, 2.75) is 24.8 Å². The van der Waals surface area contributed by atoms with Crippen molar-refractivity contribution >= 4 is 5.97 Å².